The number of carbonyl (C=O) groups is 2. The summed E-state index contributed by atoms with van der Waals surface area (Å²) in [5.41, 5.74) is 4.69. The van der Waals surface area contributed by atoms with Crippen molar-refractivity contribution in [3.8, 4) is 10.6 Å². The molecule has 3 N–H and O–H groups in total. The molecule has 0 fully saturated rings. The number of aromatic nitrogens is 2. The van der Waals surface area contributed by atoms with Crippen LogP contribution in [0.1, 0.15) is 18.2 Å². The molecule has 3 aromatic carbocycles. The third-order valence-electron chi connectivity index (χ3n) is 5.56. The molecule has 0 aliphatic carbocycles. The monoisotopic (exact) mass is 577 g/mol. The van der Waals surface area contributed by atoms with Gasteiger partial charge < -0.3 is 10.6 Å². The van der Waals surface area contributed by atoms with Crippen molar-refractivity contribution in [2.24, 2.45) is 0 Å². The van der Waals surface area contributed by atoms with Gasteiger partial charge in [0, 0.05) is 29.2 Å². The predicted molar refractivity (Wildman–Crippen MR) is 156 cm³/mol. The van der Waals surface area contributed by atoms with Gasteiger partial charge in [-0.2, -0.15) is 0 Å². The molecule has 2 amide bonds. The van der Waals surface area contributed by atoms with Crippen molar-refractivity contribution in [3.63, 3.8) is 0 Å². The molecular weight excluding hydrogens is 555 g/mol. The molecule has 2 heterocycles. The second kappa shape index (κ2) is 10.9. The third kappa shape index (κ3) is 6.48. The maximum atomic E-state index is 12.7. The molecule has 2 aromatic heterocycles. The van der Waals surface area contributed by atoms with Gasteiger partial charge in [0.1, 0.15) is 5.01 Å². The lowest BCUT2D eigenvalue weighted by atomic mass is 10.2. The van der Waals surface area contributed by atoms with Crippen LogP contribution < -0.4 is 15.4 Å². The maximum absolute atomic E-state index is 12.7. The van der Waals surface area contributed by atoms with Crippen LogP contribution in [0.4, 0.5) is 16.5 Å². The van der Waals surface area contributed by atoms with Crippen LogP contribution in [0.2, 0.25) is 0 Å². The topological polar surface area (TPSA) is 130 Å². The van der Waals surface area contributed by atoms with E-state index in [0.29, 0.717) is 17.1 Å². The number of hydrogen-bond donors (Lipinski definition) is 3. The van der Waals surface area contributed by atoms with Crippen LogP contribution in [-0.4, -0.2) is 30.2 Å². The number of anilines is 3. The average Bonchev–Trinajstić information content (AvgIpc) is 3.50. The van der Waals surface area contributed by atoms with E-state index >= 15 is 0 Å². The van der Waals surface area contributed by atoms with E-state index in [2.05, 4.69) is 33.3 Å². The largest absolute Gasteiger partial charge is 0.326 e. The fourth-order valence-corrected chi connectivity index (χ4v) is 6.78. The van der Waals surface area contributed by atoms with Gasteiger partial charge in [0.05, 0.1) is 27.2 Å². The highest BCUT2D eigenvalue weighted by atomic mass is 32.2. The standard InChI is InChI=1S/C27H23N5O4S3/c1-16-3-12-23-24(13-16)38-26(31-23)18-4-6-20(7-5-18)29-25(34)14-21-15-37-27(30-21)32-39(35,36)22-10-8-19(9-11-22)28-17(2)33/h3-13,15H,14H2,1-2H3,(H,28,33)(H,29,34)(H,30,32). The van der Waals surface area contributed by atoms with Gasteiger partial charge >= 0.3 is 0 Å². The van der Waals surface area contributed by atoms with Crippen molar-refractivity contribution in [1.29, 1.82) is 0 Å². The lowest BCUT2D eigenvalue weighted by Crippen LogP contribution is -2.15. The SMILES string of the molecule is CC(=O)Nc1ccc(S(=O)(=O)Nc2nc(CC(=O)Nc3ccc(-c4nc5ccc(C)cc5s4)cc3)cs2)cc1. The number of nitrogens with one attached hydrogen (secondary N) is 3. The number of rotatable bonds is 8. The van der Waals surface area contributed by atoms with Gasteiger partial charge in [-0.05, 0) is 73.2 Å². The van der Waals surface area contributed by atoms with Gasteiger partial charge in [0.25, 0.3) is 10.0 Å². The van der Waals surface area contributed by atoms with E-state index in [4.69, 9.17) is 4.98 Å². The molecule has 39 heavy (non-hydrogen) atoms. The Morgan fingerprint density at radius 3 is 2.31 bits per heavy atom. The van der Waals surface area contributed by atoms with Crippen molar-refractivity contribution in [2.45, 2.75) is 25.2 Å². The summed E-state index contributed by atoms with van der Waals surface area (Å²) in [5, 5.41) is 8.13. The molecule has 0 saturated carbocycles. The molecule has 12 heteroatoms. The molecule has 0 bridgehead atoms. The van der Waals surface area contributed by atoms with E-state index in [1.54, 1.807) is 16.7 Å². The Morgan fingerprint density at radius 2 is 1.59 bits per heavy atom. The van der Waals surface area contributed by atoms with Gasteiger partial charge in [-0.15, -0.1) is 22.7 Å². The first-order valence-corrected chi connectivity index (χ1v) is 14.9. The van der Waals surface area contributed by atoms with Gasteiger partial charge in [0.15, 0.2) is 5.13 Å². The molecule has 0 unspecified atom stereocenters. The number of fused-ring (bicyclic) bond motifs is 1. The molecule has 9 nitrogen and oxygen atoms in total. The van der Waals surface area contributed by atoms with Crippen LogP contribution in [-0.2, 0) is 26.0 Å². The minimum Gasteiger partial charge on any atom is -0.326 e. The van der Waals surface area contributed by atoms with E-state index in [0.717, 1.165) is 32.1 Å². The summed E-state index contributed by atoms with van der Waals surface area (Å²) in [4.78, 5) is 32.7. The van der Waals surface area contributed by atoms with Gasteiger partial charge in [-0.25, -0.2) is 18.4 Å². The summed E-state index contributed by atoms with van der Waals surface area (Å²) in [6.45, 7) is 3.42. The molecule has 0 aliphatic heterocycles. The van der Waals surface area contributed by atoms with E-state index in [-0.39, 0.29) is 28.3 Å². The highest BCUT2D eigenvalue weighted by Gasteiger charge is 2.17. The summed E-state index contributed by atoms with van der Waals surface area (Å²) in [5.74, 6) is -0.522. The van der Waals surface area contributed by atoms with Crippen molar-refractivity contribution >= 4 is 71.2 Å². The molecule has 0 radical (unpaired) electrons. The predicted octanol–water partition coefficient (Wildman–Crippen LogP) is 5.67. The highest BCUT2D eigenvalue weighted by Crippen LogP contribution is 2.31. The van der Waals surface area contributed by atoms with Crippen LogP contribution in [0.25, 0.3) is 20.8 Å². The number of carbonyl (C=O) groups excluding carboxylic acids is 2. The maximum Gasteiger partial charge on any atom is 0.263 e. The fourth-order valence-electron chi connectivity index (χ4n) is 3.75. The van der Waals surface area contributed by atoms with E-state index in [1.165, 1.54) is 36.8 Å². The fraction of sp³-hybridized carbons (Fsp3) is 0.111. The number of amides is 2. The molecule has 198 valence electrons. The van der Waals surface area contributed by atoms with Gasteiger partial charge in [0.2, 0.25) is 11.8 Å². The number of hydrogen-bond acceptors (Lipinski definition) is 8. The first-order valence-electron chi connectivity index (χ1n) is 11.8. The number of aryl methyl sites for hydroxylation is 1. The van der Waals surface area contributed by atoms with E-state index < -0.39 is 10.0 Å². The van der Waals surface area contributed by atoms with Crippen molar-refractivity contribution in [3.05, 3.63) is 83.4 Å². The Labute approximate surface area is 233 Å². The number of nitrogens with zero attached hydrogens (tertiary/aromatic N) is 2. The van der Waals surface area contributed by atoms with Crippen LogP contribution in [0, 0.1) is 6.92 Å². The molecule has 0 aliphatic rings. The second-order valence-corrected chi connectivity index (χ2v) is 12.3. The normalized spacial score (nSPS) is 11.3. The lowest BCUT2D eigenvalue weighted by Gasteiger charge is -2.07. The molecule has 0 saturated heterocycles. The minimum absolute atomic E-state index is 0.0113. The summed E-state index contributed by atoms with van der Waals surface area (Å²) >= 11 is 2.71. The van der Waals surface area contributed by atoms with E-state index in [1.807, 2.05) is 36.4 Å². The first kappa shape index (κ1) is 26.5. The molecule has 0 atom stereocenters. The van der Waals surface area contributed by atoms with Crippen molar-refractivity contribution < 1.29 is 18.0 Å². The van der Waals surface area contributed by atoms with Crippen LogP contribution in [0.15, 0.2) is 77.0 Å². The van der Waals surface area contributed by atoms with Crippen molar-refractivity contribution in [2.75, 3.05) is 15.4 Å². The summed E-state index contributed by atoms with van der Waals surface area (Å²) in [6, 6.07) is 19.4. The Morgan fingerprint density at radius 1 is 0.897 bits per heavy atom. The van der Waals surface area contributed by atoms with Gasteiger partial charge in [-0.3, -0.25) is 14.3 Å². The Balaban J connectivity index is 1.18. The van der Waals surface area contributed by atoms with Crippen LogP contribution >= 0.6 is 22.7 Å². The summed E-state index contributed by atoms with van der Waals surface area (Å²) in [6.07, 6.45) is -0.0113. The Kier molecular flexibility index (Phi) is 7.42. The molecule has 0 spiro atoms. The zero-order valence-corrected chi connectivity index (χ0v) is 23.3. The van der Waals surface area contributed by atoms with E-state index in [9.17, 15) is 18.0 Å². The molecule has 5 rings (SSSR count). The lowest BCUT2D eigenvalue weighted by molar-refractivity contribution is -0.116. The first-order chi connectivity index (χ1) is 18.6. The zero-order chi connectivity index (χ0) is 27.6. The molecular formula is C27H23N5O4S3. The molecule has 5 aromatic rings. The average molecular weight is 578 g/mol. The Hall–Kier alpha value is -4.13. The number of benzene rings is 3. The van der Waals surface area contributed by atoms with Crippen LogP contribution in [0.5, 0.6) is 0 Å². The number of thiazole rings is 2. The minimum atomic E-state index is -3.88. The highest BCUT2D eigenvalue weighted by molar-refractivity contribution is 7.93. The number of sulfonamides is 1. The summed E-state index contributed by atoms with van der Waals surface area (Å²) < 4.78 is 28.9. The van der Waals surface area contributed by atoms with Gasteiger partial charge in [-0.1, -0.05) is 6.07 Å². The third-order valence-corrected chi connectivity index (χ3v) is 8.92. The van der Waals surface area contributed by atoms with Crippen molar-refractivity contribution in [1.82, 2.24) is 9.97 Å². The summed E-state index contributed by atoms with van der Waals surface area (Å²) in [7, 11) is -3.88. The smallest absolute Gasteiger partial charge is 0.263 e. The second-order valence-electron chi connectivity index (χ2n) is 8.75. The Bertz CT molecular complexity index is 1780. The van der Waals surface area contributed by atoms with Crippen LogP contribution in [0.3, 0.4) is 0 Å². The zero-order valence-electron chi connectivity index (χ0n) is 20.9. The quantitative estimate of drug-likeness (QED) is 0.218.